The van der Waals surface area contributed by atoms with Gasteiger partial charge in [0.25, 0.3) is 0 Å². The lowest BCUT2D eigenvalue weighted by Crippen LogP contribution is -1.90. The number of anilines is 1. The molecule has 0 saturated heterocycles. The van der Waals surface area contributed by atoms with Crippen LogP contribution >= 0.6 is 0 Å². The van der Waals surface area contributed by atoms with Gasteiger partial charge in [0.15, 0.2) is 11.6 Å². The normalized spacial score (nSPS) is 10.4. The van der Waals surface area contributed by atoms with Crippen molar-refractivity contribution in [1.82, 2.24) is 14.8 Å². The Balaban J connectivity index is 2.47. The van der Waals surface area contributed by atoms with Crippen molar-refractivity contribution in [1.29, 1.82) is 0 Å². The zero-order valence-electron chi connectivity index (χ0n) is 7.68. The summed E-state index contributed by atoms with van der Waals surface area (Å²) in [6.45, 7) is 0. The summed E-state index contributed by atoms with van der Waals surface area (Å²) in [7, 11) is 1.83. The minimum atomic E-state index is -0.00801. The van der Waals surface area contributed by atoms with E-state index in [-0.39, 0.29) is 11.6 Å². The summed E-state index contributed by atoms with van der Waals surface area (Å²) in [6.07, 6.45) is 5.14. The molecule has 2 aromatic rings. The summed E-state index contributed by atoms with van der Waals surface area (Å²) in [4.78, 5) is 3.86. The number of pyridine rings is 1. The van der Waals surface area contributed by atoms with Gasteiger partial charge in [0.05, 0.1) is 6.20 Å². The molecule has 0 aliphatic carbocycles. The molecule has 0 unspecified atom stereocenters. The number of nitrogens with zero attached hydrogens (tertiary/aromatic N) is 3. The highest BCUT2D eigenvalue weighted by Crippen LogP contribution is 2.24. The molecule has 2 aromatic heterocycles. The van der Waals surface area contributed by atoms with Crippen LogP contribution in [-0.2, 0) is 7.05 Å². The van der Waals surface area contributed by atoms with E-state index in [0.29, 0.717) is 0 Å². The Morgan fingerprint density at radius 3 is 2.71 bits per heavy atom. The van der Waals surface area contributed by atoms with Gasteiger partial charge >= 0.3 is 0 Å². The van der Waals surface area contributed by atoms with E-state index in [1.165, 1.54) is 0 Å². The SMILES string of the molecule is Cn1cc(-c2cnc(N)c(O)c2)cn1. The highest BCUT2D eigenvalue weighted by Gasteiger charge is 2.04. The highest BCUT2D eigenvalue weighted by atomic mass is 16.3. The third kappa shape index (κ3) is 1.39. The summed E-state index contributed by atoms with van der Waals surface area (Å²) >= 11 is 0. The van der Waals surface area contributed by atoms with E-state index in [2.05, 4.69) is 10.1 Å². The Morgan fingerprint density at radius 2 is 2.14 bits per heavy atom. The summed E-state index contributed by atoms with van der Waals surface area (Å²) < 4.78 is 1.68. The molecule has 5 heteroatoms. The molecule has 14 heavy (non-hydrogen) atoms. The van der Waals surface area contributed by atoms with Gasteiger partial charge in [-0.25, -0.2) is 4.98 Å². The second kappa shape index (κ2) is 3.02. The van der Waals surface area contributed by atoms with Crippen LogP contribution in [0.15, 0.2) is 24.7 Å². The fraction of sp³-hybridized carbons (Fsp3) is 0.111. The third-order valence-electron chi connectivity index (χ3n) is 1.94. The van der Waals surface area contributed by atoms with Crippen molar-refractivity contribution in [3.63, 3.8) is 0 Å². The van der Waals surface area contributed by atoms with Gasteiger partial charge in [-0.2, -0.15) is 5.10 Å². The van der Waals surface area contributed by atoms with Crippen molar-refractivity contribution < 1.29 is 5.11 Å². The molecule has 0 bridgehead atoms. The van der Waals surface area contributed by atoms with Crippen molar-refractivity contribution in [2.45, 2.75) is 0 Å². The Morgan fingerprint density at radius 1 is 1.36 bits per heavy atom. The molecule has 2 rings (SSSR count). The molecular formula is C9H10N4O. The number of rotatable bonds is 1. The van der Waals surface area contributed by atoms with Crippen LogP contribution < -0.4 is 5.73 Å². The smallest absolute Gasteiger partial charge is 0.165 e. The van der Waals surface area contributed by atoms with Gasteiger partial charge in [0.1, 0.15) is 0 Å². The van der Waals surface area contributed by atoms with Crippen LogP contribution in [0.3, 0.4) is 0 Å². The molecule has 0 aromatic carbocycles. The van der Waals surface area contributed by atoms with E-state index in [9.17, 15) is 5.11 Å². The first-order chi connectivity index (χ1) is 6.66. The average molecular weight is 190 g/mol. The quantitative estimate of drug-likeness (QED) is 0.696. The minimum Gasteiger partial charge on any atom is -0.504 e. The molecule has 5 nitrogen and oxygen atoms in total. The lowest BCUT2D eigenvalue weighted by molar-refractivity contribution is 0.476. The van der Waals surface area contributed by atoms with Gasteiger partial charge in [0.2, 0.25) is 0 Å². The van der Waals surface area contributed by atoms with E-state index < -0.39 is 0 Å². The number of aryl methyl sites for hydroxylation is 1. The van der Waals surface area contributed by atoms with Gasteiger partial charge in [-0.3, -0.25) is 4.68 Å². The average Bonchev–Trinajstić information content (AvgIpc) is 2.57. The number of aromatic nitrogens is 3. The van der Waals surface area contributed by atoms with Crippen LogP contribution in [0.2, 0.25) is 0 Å². The number of hydrogen-bond acceptors (Lipinski definition) is 4. The second-order valence-electron chi connectivity index (χ2n) is 3.03. The molecular weight excluding hydrogens is 180 g/mol. The fourth-order valence-electron chi connectivity index (χ4n) is 1.19. The lowest BCUT2D eigenvalue weighted by atomic mass is 10.1. The van der Waals surface area contributed by atoms with Gasteiger partial charge in [-0.05, 0) is 6.07 Å². The topological polar surface area (TPSA) is 77.0 Å². The molecule has 0 radical (unpaired) electrons. The van der Waals surface area contributed by atoms with Crippen molar-refractivity contribution >= 4 is 5.82 Å². The number of nitrogens with two attached hydrogens (primary N) is 1. The van der Waals surface area contributed by atoms with Gasteiger partial charge in [-0.15, -0.1) is 0 Å². The summed E-state index contributed by atoms with van der Waals surface area (Å²) in [5.74, 6) is 0.129. The molecule has 2 heterocycles. The third-order valence-corrected chi connectivity index (χ3v) is 1.94. The number of aromatic hydroxyl groups is 1. The first kappa shape index (κ1) is 8.55. The Hall–Kier alpha value is -2.04. The summed E-state index contributed by atoms with van der Waals surface area (Å²) in [6, 6.07) is 1.57. The molecule has 3 N–H and O–H groups in total. The van der Waals surface area contributed by atoms with Crippen LogP contribution in [0.1, 0.15) is 0 Å². The second-order valence-corrected chi connectivity index (χ2v) is 3.03. The van der Waals surface area contributed by atoms with Crippen LogP contribution in [-0.4, -0.2) is 19.9 Å². The van der Waals surface area contributed by atoms with Crippen molar-refractivity contribution in [3.05, 3.63) is 24.7 Å². The Bertz CT molecular complexity index is 464. The van der Waals surface area contributed by atoms with Crippen LogP contribution in [0, 0.1) is 0 Å². The fourth-order valence-corrected chi connectivity index (χ4v) is 1.19. The zero-order chi connectivity index (χ0) is 10.1. The molecule has 72 valence electrons. The molecule has 0 spiro atoms. The first-order valence-electron chi connectivity index (χ1n) is 4.10. The maximum atomic E-state index is 9.35. The largest absolute Gasteiger partial charge is 0.504 e. The molecule has 0 amide bonds. The molecule has 0 atom stereocenters. The van der Waals surface area contributed by atoms with Crippen molar-refractivity contribution in [3.8, 4) is 16.9 Å². The summed E-state index contributed by atoms with van der Waals surface area (Å²) in [5.41, 5.74) is 7.08. The van der Waals surface area contributed by atoms with Crippen molar-refractivity contribution in [2.75, 3.05) is 5.73 Å². The van der Waals surface area contributed by atoms with Gasteiger partial charge in [0, 0.05) is 30.6 Å². The lowest BCUT2D eigenvalue weighted by Gasteiger charge is -1.99. The summed E-state index contributed by atoms with van der Waals surface area (Å²) in [5, 5.41) is 13.4. The van der Waals surface area contributed by atoms with Crippen LogP contribution in [0.4, 0.5) is 5.82 Å². The molecule has 0 saturated carbocycles. The van der Waals surface area contributed by atoms with Crippen LogP contribution in [0.5, 0.6) is 5.75 Å². The molecule has 0 aliphatic heterocycles. The molecule has 0 aliphatic rings. The number of hydrogen-bond donors (Lipinski definition) is 2. The number of nitrogen functional groups attached to an aromatic ring is 1. The first-order valence-corrected chi connectivity index (χ1v) is 4.10. The zero-order valence-corrected chi connectivity index (χ0v) is 7.68. The monoisotopic (exact) mass is 190 g/mol. The van der Waals surface area contributed by atoms with E-state index >= 15 is 0 Å². The highest BCUT2D eigenvalue weighted by molar-refractivity contribution is 5.65. The van der Waals surface area contributed by atoms with E-state index in [0.717, 1.165) is 11.1 Å². The predicted octanol–water partition coefficient (Wildman–Crippen LogP) is 0.770. The van der Waals surface area contributed by atoms with Crippen LogP contribution in [0.25, 0.3) is 11.1 Å². The van der Waals surface area contributed by atoms with E-state index in [1.54, 1.807) is 23.1 Å². The Kier molecular flexibility index (Phi) is 1.85. The van der Waals surface area contributed by atoms with E-state index in [4.69, 9.17) is 5.73 Å². The maximum absolute atomic E-state index is 9.35. The standard InChI is InChI=1S/C9H10N4O/c1-13-5-7(4-12-13)6-2-8(14)9(10)11-3-6/h2-5,14H,1H3,(H2,10,11). The Labute approximate surface area is 80.8 Å². The van der Waals surface area contributed by atoms with E-state index in [1.807, 2.05) is 13.2 Å². The minimum absolute atomic E-state index is 0.00801. The van der Waals surface area contributed by atoms with Gasteiger partial charge < -0.3 is 10.8 Å². The van der Waals surface area contributed by atoms with Gasteiger partial charge in [-0.1, -0.05) is 0 Å². The molecule has 0 fully saturated rings. The maximum Gasteiger partial charge on any atom is 0.165 e. The van der Waals surface area contributed by atoms with Crippen molar-refractivity contribution in [2.24, 2.45) is 7.05 Å². The predicted molar refractivity (Wildman–Crippen MR) is 52.5 cm³/mol.